The van der Waals surface area contributed by atoms with Gasteiger partial charge in [0, 0.05) is 19.1 Å². The van der Waals surface area contributed by atoms with E-state index in [-0.39, 0.29) is 11.1 Å². The van der Waals surface area contributed by atoms with Gasteiger partial charge < -0.3 is 10.2 Å². The smallest absolute Gasteiger partial charge is 0.263 e. The summed E-state index contributed by atoms with van der Waals surface area (Å²) in [4.78, 5) is 22.3. The number of aromatic nitrogens is 4. The fourth-order valence-electron chi connectivity index (χ4n) is 3.29. The van der Waals surface area contributed by atoms with E-state index < -0.39 is 0 Å². The molecule has 7 nitrogen and oxygen atoms in total. The number of hydrogen-bond acceptors (Lipinski definition) is 5. The van der Waals surface area contributed by atoms with Crippen molar-refractivity contribution >= 4 is 17.0 Å². The molecule has 0 atom stereocenters. The Hall–Kier alpha value is -1.89. The highest BCUT2D eigenvalue weighted by molar-refractivity contribution is 5.74. The van der Waals surface area contributed by atoms with Gasteiger partial charge in [-0.15, -0.1) is 0 Å². The number of piperidine rings is 1. The minimum atomic E-state index is -0.217. The summed E-state index contributed by atoms with van der Waals surface area (Å²) in [5, 5.41) is 8.29. The lowest BCUT2D eigenvalue weighted by molar-refractivity contribution is 0.219. The van der Waals surface area contributed by atoms with Crippen molar-refractivity contribution in [1.82, 2.24) is 24.6 Å². The second kappa shape index (κ2) is 6.55. The Morgan fingerprint density at radius 2 is 2.04 bits per heavy atom. The average molecular weight is 332 g/mol. The van der Waals surface area contributed by atoms with Gasteiger partial charge in [-0.05, 0) is 46.6 Å². The van der Waals surface area contributed by atoms with E-state index in [1.807, 2.05) is 4.68 Å². The van der Waals surface area contributed by atoms with Gasteiger partial charge in [-0.25, -0.2) is 4.68 Å². The number of rotatable bonds is 4. The Labute approximate surface area is 142 Å². The molecule has 1 aliphatic rings. The molecule has 0 radical (unpaired) electrons. The third kappa shape index (κ3) is 3.45. The van der Waals surface area contributed by atoms with Crippen LogP contribution in [0.2, 0.25) is 0 Å². The summed E-state index contributed by atoms with van der Waals surface area (Å²) in [5.41, 5.74) is 0.282. The van der Waals surface area contributed by atoms with Crippen molar-refractivity contribution in [1.29, 1.82) is 0 Å². The lowest BCUT2D eigenvalue weighted by Gasteiger charge is -2.32. The standard InChI is InChI=1S/C17H28N6O/c1-5-8-22-9-6-12(7-10-22)19-16-20-14-13(15(24)21-16)11-18-23(14)17(2,3)4/h11-12H,5-10H2,1-4H3,(H2,19,20,21,24). The van der Waals surface area contributed by atoms with Gasteiger partial charge in [-0.3, -0.25) is 9.78 Å². The molecule has 0 amide bonds. The van der Waals surface area contributed by atoms with E-state index in [4.69, 9.17) is 0 Å². The second-order valence-electron chi connectivity index (χ2n) is 7.64. The summed E-state index contributed by atoms with van der Waals surface area (Å²) in [5.74, 6) is 0.549. The molecule has 1 saturated heterocycles. The van der Waals surface area contributed by atoms with Crippen LogP contribution in [0.4, 0.5) is 5.95 Å². The number of nitrogens with zero attached hydrogens (tertiary/aromatic N) is 4. The summed E-state index contributed by atoms with van der Waals surface area (Å²) >= 11 is 0. The maximum Gasteiger partial charge on any atom is 0.263 e. The van der Waals surface area contributed by atoms with Gasteiger partial charge in [0.1, 0.15) is 5.39 Å². The summed E-state index contributed by atoms with van der Waals surface area (Å²) in [6.07, 6.45) is 4.93. The van der Waals surface area contributed by atoms with Crippen molar-refractivity contribution in [3.8, 4) is 0 Å². The number of H-pyrrole nitrogens is 1. The van der Waals surface area contributed by atoms with Crippen LogP contribution in [0.15, 0.2) is 11.0 Å². The van der Waals surface area contributed by atoms with E-state index >= 15 is 0 Å². The van der Waals surface area contributed by atoms with Crippen LogP contribution in [0.1, 0.15) is 47.0 Å². The molecule has 1 fully saturated rings. The Balaban J connectivity index is 1.80. The van der Waals surface area contributed by atoms with Gasteiger partial charge in [-0.1, -0.05) is 6.92 Å². The Kier molecular flexibility index (Phi) is 4.62. The van der Waals surface area contributed by atoms with Gasteiger partial charge >= 0.3 is 0 Å². The number of likely N-dealkylation sites (tertiary alicyclic amines) is 1. The van der Waals surface area contributed by atoms with Gasteiger partial charge in [0.05, 0.1) is 11.7 Å². The van der Waals surface area contributed by atoms with Crippen molar-refractivity contribution < 1.29 is 0 Å². The number of aromatic amines is 1. The topological polar surface area (TPSA) is 78.8 Å². The monoisotopic (exact) mass is 332 g/mol. The number of nitrogens with one attached hydrogen (secondary N) is 2. The molecule has 132 valence electrons. The molecule has 2 aromatic heterocycles. The molecule has 3 heterocycles. The van der Waals surface area contributed by atoms with Crippen LogP contribution in [0.3, 0.4) is 0 Å². The minimum absolute atomic E-state index is 0.138. The molecule has 0 saturated carbocycles. The predicted molar refractivity (Wildman–Crippen MR) is 96.5 cm³/mol. The molecule has 0 aliphatic carbocycles. The fourth-order valence-corrected chi connectivity index (χ4v) is 3.29. The van der Waals surface area contributed by atoms with Gasteiger partial charge in [0.15, 0.2) is 5.65 Å². The molecule has 2 aromatic rings. The molecule has 2 N–H and O–H groups in total. The lowest BCUT2D eigenvalue weighted by Crippen LogP contribution is -2.39. The maximum absolute atomic E-state index is 12.3. The molecular formula is C17H28N6O. The zero-order valence-electron chi connectivity index (χ0n) is 15.1. The summed E-state index contributed by atoms with van der Waals surface area (Å²) in [6, 6.07) is 0.352. The Bertz CT molecular complexity index is 749. The summed E-state index contributed by atoms with van der Waals surface area (Å²) < 4.78 is 1.81. The summed E-state index contributed by atoms with van der Waals surface area (Å²) in [7, 11) is 0. The number of fused-ring (bicyclic) bond motifs is 1. The molecule has 3 rings (SSSR count). The highest BCUT2D eigenvalue weighted by Crippen LogP contribution is 2.20. The van der Waals surface area contributed by atoms with Crippen molar-refractivity contribution in [3.05, 3.63) is 16.6 Å². The third-order valence-electron chi connectivity index (χ3n) is 4.54. The predicted octanol–water partition coefficient (Wildman–Crippen LogP) is 2.16. The highest BCUT2D eigenvalue weighted by atomic mass is 16.1. The largest absolute Gasteiger partial charge is 0.353 e. The first-order chi connectivity index (χ1) is 11.4. The van der Waals surface area contributed by atoms with Crippen molar-refractivity contribution in [3.63, 3.8) is 0 Å². The van der Waals surface area contributed by atoms with E-state index in [1.54, 1.807) is 6.20 Å². The van der Waals surface area contributed by atoms with Crippen LogP contribution in [-0.2, 0) is 5.54 Å². The average Bonchev–Trinajstić information content (AvgIpc) is 2.94. The molecule has 0 spiro atoms. The quantitative estimate of drug-likeness (QED) is 0.897. The first-order valence-corrected chi connectivity index (χ1v) is 8.86. The fraction of sp³-hybridized carbons (Fsp3) is 0.706. The van der Waals surface area contributed by atoms with Crippen LogP contribution >= 0.6 is 0 Å². The molecule has 7 heteroatoms. The zero-order valence-corrected chi connectivity index (χ0v) is 15.1. The molecule has 0 aromatic carbocycles. The highest BCUT2D eigenvalue weighted by Gasteiger charge is 2.22. The SMILES string of the molecule is CCCN1CCC(Nc2nc3c(cnn3C(C)(C)C)c(=O)[nH]2)CC1. The first kappa shape index (κ1) is 17.0. The maximum atomic E-state index is 12.3. The van der Waals surface area contributed by atoms with Gasteiger partial charge in [0.2, 0.25) is 5.95 Å². The molecule has 1 aliphatic heterocycles. The Morgan fingerprint density at radius 3 is 2.67 bits per heavy atom. The van der Waals surface area contributed by atoms with Crippen molar-refractivity contribution in [2.75, 3.05) is 25.0 Å². The normalized spacial score (nSPS) is 17.5. The molecule has 0 unspecified atom stereocenters. The van der Waals surface area contributed by atoms with E-state index in [0.717, 1.165) is 25.9 Å². The van der Waals surface area contributed by atoms with E-state index in [9.17, 15) is 4.79 Å². The van der Waals surface area contributed by atoms with Gasteiger partial charge in [-0.2, -0.15) is 10.1 Å². The van der Waals surface area contributed by atoms with Crippen LogP contribution in [-0.4, -0.2) is 50.3 Å². The Morgan fingerprint density at radius 1 is 1.33 bits per heavy atom. The van der Waals surface area contributed by atoms with Crippen molar-refractivity contribution in [2.24, 2.45) is 0 Å². The second-order valence-corrected chi connectivity index (χ2v) is 7.64. The van der Waals surface area contributed by atoms with Gasteiger partial charge in [0.25, 0.3) is 5.56 Å². The first-order valence-electron chi connectivity index (χ1n) is 8.86. The van der Waals surface area contributed by atoms with E-state index in [2.05, 4.69) is 53.0 Å². The van der Waals surface area contributed by atoms with E-state index in [0.29, 0.717) is 23.0 Å². The van der Waals surface area contributed by atoms with Crippen LogP contribution in [0.25, 0.3) is 11.0 Å². The number of anilines is 1. The van der Waals surface area contributed by atoms with Crippen LogP contribution < -0.4 is 10.9 Å². The third-order valence-corrected chi connectivity index (χ3v) is 4.54. The minimum Gasteiger partial charge on any atom is -0.353 e. The molecule has 0 bridgehead atoms. The van der Waals surface area contributed by atoms with E-state index in [1.165, 1.54) is 13.0 Å². The lowest BCUT2D eigenvalue weighted by atomic mass is 10.1. The van der Waals surface area contributed by atoms with Crippen LogP contribution in [0, 0.1) is 0 Å². The van der Waals surface area contributed by atoms with Crippen LogP contribution in [0.5, 0.6) is 0 Å². The summed E-state index contributed by atoms with van der Waals surface area (Å²) in [6.45, 7) is 11.7. The zero-order chi connectivity index (χ0) is 17.3. The molecular weight excluding hydrogens is 304 g/mol. The molecule has 24 heavy (non-hydrogen) atoms. The van der Waals surface area contributed by atoms with Crippen molar-refractivity contribution in [2.45, 2.75) is 58.5 Å². The number of hydrogen-bond donors (Lipinski definition) is 2.